The predicted molar refractivity (Wildman–Crippen MR) is 130 cm³/mol. The molecule has 0 fully saturated rings. The number of aliphatic imine (C=N–C) groups is 2. The lowest BCUT2D eigenvalue weighted by molar-refractivity contribution is 1.40. The van der Waals surface area contributed by atoms with Gasteiger partial charge < -0.3 is 5.32 Å². The number of fused-ring (bicyclic) bond motifs is 1. The van der Waals surface area contributed by atoms with Gasteiger partial charge in [-0.25, -0.2) is 9.98 Å². The van der Waals surface area contributed by atoms with Gasteiger partial charge in [0.25, 0.3) is 0 Å². The molecule has 0 amide bonds. The maximum atomic E-state index is 5.01. The van der Waals surface area contributed by atoms with Crippen molar-refractivity contribution >= 4 is 28.5 Å². The summed E-state index contributed by atoms with van der Waals surface area (Å²) >= 11 is 0. The summed E-state index contributed by atoms with van der Waals surface area (Å²) in [5.74, 6) is 0. The third-order valence-electron chi connectivity index (χ3n) is 5.05. The largest absolute Gasteiger partial charge is 0.354 e. The number of nitrogens with one attached hydrogen (secondary N) is 1. The molecule has 4 aromatic rings. The molecule has 1 aliphatic rings. The zero-order chi connectivity index (χ0) is 20.9. The van der Waals surface area contributed by atoms with E-state index in [0.717, 1.165) is 45.3 Å². The normalized spacial score (nSPS) is 15.4. The van der Waals surface area contributed by atoms with E-state index in [9.17, 15) is 0 Å². The summed E-state index contributed by atoms with van der Waals surface area (Å²) in [6.45, 7) is 0. The molecule has 0 spiro atoms. The number of allylic oxidation sites excluding steroid dienone is 2. The fourth-order valence-corrected chi connectivity index (χ4v) is 3.60. The number of benzene rings is 4. The molecule has 4 aromatic carbocycles. The minimum atomic E-state index is 0.901. The topological polar surface area (TPSA) is 36.8 Å². The molecule has 0 bridgehead atoms. The van der Waals surface area contributed by atoms with Crippen LogP contribution in [0.2, 0.25) is 0 Å². The fourth-order valence-electron chi connectivity index (χ4n) is 3.60. The van der Waals surface area contributed by atoms with Crippen LogP contribution in [0.1, 0.15) is 11.1 Å². The molecule has 1 N–H and O–H groups in total. The lowest BCUT2D eigenvalue weighted by atomic mass is 9.91. The van der Waals surface area contributed by atoms with Gasteiger partial charge in [-0.1, -0.05) is 78.9 Å². The first-order chi connectivity index (χ1) is 15.4. The molecule has 0 aromatic heterocycles. The van der Waals surface area contributed by atoms with Crippen LogP contribution in [0.5, 0.6) is 0 Å². The van der Waals surface area contributed by atoms with E-state index < -0.39 is 0 Å². The first kappa shape index (κ1) is 18.8. The molecule has 3 heteroatoms. The summed E-state index contributed by atoms with van der Waals surface area (Å²) in [6.07, 6.45) is 2.09. The van der Waals surface area contributed by atoms with Crippen molar-refractivity contribution in [3.05, 3.63) is 138 Å². The third-order valence-corrected chi connectivity index (χ3v) is 5.05. The Hall–Kier alpha value is -4.24. The predicted octanol–water partition coefficient (Wildman–Crippen LogP) is 6.94. The van der Waals surface area contributed by atoms with Crippen LogP contribution in [-0.4, -0.2) is 11.4 Å². The third kappa shape index (κ3) is 4.21. The van der Waals surface area contributed by atoms with Gasteiger partial charge in [0.2, 0.25) is 0 Å². The fraction of sp³-hybridized carbons (Fsp3) is 0. The molecule has 0 unspecified atom stereocenters. The Morgan fingerprint density at radius 1 is 0.484 bits per heavy atom. The van der Waals surface area contributed by atoms with Crippen LogP contribution in [0.3, 0.4) is 0 Å². The number of anilines is 1. The van der Waals surface area contributed by atoms with Gasteiger partial charge in [0.15, 0.2) is 0 Å². The summed E-state index contributed by atoms with van der Waals surface area (Å²) in [6, 6.07) is 38.5. The highest BCUT2D eigenvalue weighted by Gasteiger charge is 2.23. The van der Waals surface area contributed by atoms with E-state index >= 15 is 0 Å². The lowest BCUT2D eigenvalue weighted by Gasteiger charge is -2.22. The van der Waals surface area contributed by atoms with Gasteiger partial charge in [-0.05, 0) is 42.5 Å². The van der Waals surface area contributed by atoms with Crippen LogP contribution < -0.4 is 5.32 Å². The Kier molecular flexibility index (Phi) is 5.23. The van der Waals surface area contributed by atoms with E-state index in [1.165, 1.54) is 0 Å². The SMILES string of the molecule is C1=C(Nc2ccccc2)C(=Nc2ccccc2)c2ccccc2C1=Nc1ccccc1. The Bertz CT molecular complexity index is 1270. The maximum absolute atomic E-state index is 5.01. The van der Waals surface area contributed by atoms with Crippen LogP contribution >= 0.6 is 0 Å². The van der Waals surface area contributed by atoms with Gasteiger partial charge in [-0.2, -0.15) is 0 Å². The Morgan fingerprint density at radius 3 is 1.65 bits per heavy atom. The Balaban J connectivity index is 1.68. The first-order valence-corrected chi connectivity index (χ1v) is 10.3. The van der Waals surface area contributed by atoms with Gasteiger partial charge in [0.1, 0.15) is 0 Å². The quantitative estimate of drug-likeness (QED) is 0.396. The van der Waals surface area contributed by atoms with Crippen molar-refractivity contribution in [2.45, 2.75) is 0 Å². The van der Waals surface area contributed by atoms with Crippen molar-refractivity contribution < 1.29 is 0 Å². The molecule has 3 nitrogen and oxygen atoms in total. The monoisotopic (exact) mass is 399 g/mol. The Labute approximate surface area is 182 Å². The van der Waals surface area contributed by atoms with Gasteiger partial charge in [0.05, 0.1) is 28.5 Å². The first-order valence-electron chi connectivity index (χ1n) is 10.3. The summed E-state index contributed by atoms with van der Waals surface area (Å²) in [4.78, 5) is 9.95. The molecule has 0 saturated carbocycles. The minimum Gasteiger partial charge on any atom is -0.354 e. The zero-order valence-corrected chi connectivity index (χ0v) is 16.9. The van der Waals surface area contributed by atoms with Crippen LogP contribution in [0.4, 0.5) is 17.1 Å². The summed E-state index contributed by atoms with van der Waals surface area (Å²) in [7, 11) is 0. The van der Waals surface area contributed by atoms with Crippen LogP contribution in [0.15, 0.2) is 137 Å². The van der Waals surface area contributed by atoms with Crippen LogP contribution in [0, 0.1) is 0 Å². The van der Waals surface area contributed by atoms with Crippen molar-refractivity contribution in [2.75, 3.05) is 5.32 Å². The van der Waals surface area contributed by atoms with Crippen molar-refractivity contribution in [1.29, 1.82) is 0 Å². The van der Waals surface area contributed by atoms with Gasteiger partial charge in [0, 0.05) is 16.8 Å². The highest BCUT2D eigenvalue weighted by molar-refractivity contribution is 6.29. The van der Waals surface area contributed by atoms with Crippen molar-refractivity contribution in [1.82, 2.24) is 0 Å². The van der Waals surface area contributed by atoms with Crippen molar-refractivity contribution in [3.63, 3.8) is 0 Å². The molecule has 0 aliphatic heterocycles. The van der Waals surface area contributed by atoms with E-state index in [0.29, 0.717) is 0 Å². The van der Waals surface area contributed by atoms with E-state index in [-0.39, 0.29) is 0 Å². The molecule has 148 valence electrons. The van der Waals surface area contributed by atoms with E-state index in [1.54, 1.807) is 0 Å². The smallest absolute Gasteiger partial charge is 0.0951 e. The highest BCUT2D eigenvalue weighted by atomic mass is 14.9. The molecule has 0 radical (unpaired) electrons. The van der Waals surface area contributed by atoms with E-state index in [1.807, 2.05) is 91.0 Å². The van der Waals surface area contributed by atoms with Crippen LogP contribution in [0.25, 0.3) is 0 Å². The molecule has 0 saturated heterocycles. The molecular weight excluding hydrogens is 378 g/mol. The second-order valence-electron chi connectivity index (χ2n) is 7.22. The number of rotatable bonds is 4. The molecule has 0 atom stereocenters. The van der Waals surface area contributed by atoms with Gasteiger partial charge >= 0.3 is 0 Å². The zero-order valence-electron chi connectivity index (χ0n) is 16.9. The number of nitrogens with zero attached hydrogens (tertiary/aromatic N) is 2. The molecule has 31 heavy (non-hydrogen) atoms. The summed E-state index contributed by atoms with van der Waals surface area (Å²) in [5, 5.41) is 3.56. The summed E-state index contributed by atoms with van der Waals surface area (Å²) in [5.41, 5.74) is 7.70. The number of hydrogen-bond acceptors (Lipinski definition) is 3. The molecule has 1 aliphatic carbocycles. The average Bonchev–Trinajstić information content (AvgIpc) is 2.83. The maximum Gasteiger partial charge on any atom is 0.0951 e. The lowest BCUT2D eigenvalue weighted by Crippen LogP contribution is -2.22. The molecular formula is C28H21N3. The minimum absolute atomic E-state index is 0.901. The standard InChI is InChI=1S/C28H21N3/c1-4-12-21(13-5-1)29-26-20-27(30-22-14-6-2-7-15-22)28(25-19-11-10-18-24(25)26)31-23-16-8-3-9-17-23/h1-20,30H. The van der Waals surface area contributed by atoms with Crippen LogP contribution in [-0.2, 0) is 0 Å². The highest BCUT2D eigenvalue weighted by Crippen LogP contribution is 2.28. The second-order valence-corrected chi connectivity index (χ2v) is 7.22. The van der Waals surface area contributed by atoms with Crippen molar-refractivity contribution in [3.8, 4) is 0 Å². The number of para-hydroxylation sites is 3. The van der Waals surface area contributed by atoms with Gasteiger partial charge in [-0.15, -0.1) is 0 Å². The number of hydrogen-bond donors (Lipinski definition) is 1. The van der Waals surface area contributed by atoms with Crippen molar-refractivity contribution in [2.24, 2.45) is 9.98 Å². The molecule has 0 heterocycles. The molecule has 5 rings (SSSR count). The second kappa shape index (κ2) is 8.64. The average molecular weight is 399 g/mol. The summed E-state index contributed by atoms with van der Waals surface area (Å²) < 4.78 is 0. The van der Waals surface area contributed by atoms with Gasteiger partial charge in [-0.3, -0.25) is 0 Å². The van der Waals surface area contributed by atoms with E-state index in [4.69, 9.17) is 9.98 Å². The van der Waals surface area contributed by atoms with E-state index in [2.05, 4.69) is 35.7 Å². The Morgan fingerprint density at radius 2 is 1.00 bits per heavy atom.